The molecule has 3 atom stereocenters. The summed E-state index contributed by atoms with van der Waals surface area (Å²) in [7, 11) is -3.40. The van der Waals surface area contributed by atoms with Gasteiger partial charge in [0.1, 0.15) is 6.04 Å². The lowest BCUT2D eigenvalue weighted by Crippen LogP contribution is -2.62. The van der Waals surface area contributed by atoms with Crippen LogP contribution in [0.15, 0.2) is 0 Å². The van der Waals surface area contributed by atoms with E-state index in [4.69, 9.17) is 4.79 Å². The Labute approximate surface area is 289 Å². The van der Waals surface area contributed by atoms with Crippen LogP contribution in [0.3, 0.4) is 0 Å². The van der Waals surface area contributed by atoms with E-state index in [0.29, 0.717) is 25.2 Å². The minimum Gasteiger partial charge on any atom is -0.372 e. The molecule has 12 nitrogen and oxygen atoms in total. The molecular formula is C35H65N5O7S. The third kappa shape index (κ3) is 13.7. The molecule has 0 aromatic carbocycles. The van der Waals surface area contributed by atoms with Crippen molar-refractivity contribution >= 4 is 40.4 Å². The highest BCUT2D eigenvalue weighted by atomic mass is 32.2. The molecule has 4 fully saturated rings. The van der Waals surface area contributed by atoms with Gasteiger partial charge < -0.3 is 26.6 Å². The maximum absolute atomic E-state index is 13.5. The lowest BCUT2D eigenvalue weighted by atomic mass is 9.82. The maximum atomic E-state index is 13.5. The van der Waals surface area contributed by atoms with Crippen molar-refractivity contribution in [3.05, 3.63) is 0 Å². The zero-order chi connectivity index (χ0) is 35.3. The van der Waals surface area contributed by atoms with Crippen molar-refractivity contribution < 1.29 is 32.4 Å². The fourth-order valence-electron chi connectivity index (χ4n) is 6.94. The number of primary amides is 1. The van der Waals surface area contributed by atoms with Crippen LogP contribution in [-0.4, -0.2) is 84.6 Å². The molecule has 48 heavy (non-hydrogen) atoms. The number of carbonyl (C=O) groups is 5. The minimum atomic E-state index is -3.40. The van der Waals surface area contributed by atoms with Gasteiger partial charge >= 0.3 is 6.03 Å². The second-order valence-corrected chi connectivity index (χ2v) is 17.7. The Morgan fingerprint density at radius 1 is 0.938 bits per heavy atom. The molecule has 3 aliphatic carbocycles. The fraction of sp³-hybridized carbons (Fsp3) is 0.857. The summed E-state index contributed by atoms with van der Waals surface area (Å²) in [5, 5.41) is 8.65. The van der Waals surface area contributed by atoms with Crippen LogP contribution in [0.2, 0.25) is 0 Å². The molecule has 2 unspecified atom stereocenters. The molecule has 1 aliphatic heterocycles. The number of hydrogen-bond acceptors (Lipinski definition) is 7. The molecule has 5 amide bonds. The summed E-state index contributed by atoms with van der Waals surface area (Å²) in [6.07, 6.45) is 15.5. The number of Topliss-reactive ketones (excluding diaryl/α,β-unsaturated/α-hetero) is 1. The molecule has 0 aromatic rings. The number of likely N-dealkylation sites (tertiary alicyclic amines) is 1. The number of carbonyl (C=O) groups excluding carboxylic acids is 5. The van der Waals surface area contributed by atoms with E-state index in [0.717, 1.165) is 70.8 Å². The van der Waals surface area contributed by atoms with Gasteiger partial charge in [-0.15, -0.1) is 0 Å². The van der Waals surface area contributed by atoms with E-state index in [1.807, 2.05) is 4.90 Å². The third-order valence-electron chi connectivity index (χ3n) is 10.1. The average molecular weight is 700 g/mol. The monoisotopic (exact) mass is 699 g/mol. The van der Waals surface area contributed by atoms with E-state index in [9.17, 15) is 27.6 Å². The Kier molecular flexibility index (Phi) is 18.1. The first-order valence-corrected chi connectivity index (χ1v) is 19.2. The van der Waals surface area contributed by atoms with E-state index in [1.165, 1.54) is 26.2 Å². The fourth-order valence-corrected chi connectivity index (χ4v) is 8.46. The van der Waals surface area contributed by atoms with Crippen LogP contribution in [0, 0.1) is 11.8 Å². The predicted molar refractivity (Wildman–Crippen MR) is 190 cm³/mol. The third-order valence-corrected chi connectivity index (χ3v) is 12.9. The highest BCUT2D eigenvalue weighted by molar-refractivity contribution is 7.92. The number of nitrogens with one attached hydrogen (secondary N) is 3. The van der Waals surface area contributed by atoms with Crippen LogP contribution in [0.25, 0.3) is 0 Å². The van der Waals surface area contributed by atoms with Crippen LogP contribution in [0.5, 0.6) is 0 Å². The summed E-state index contributed by atoms with van der Waals surface area (Å²) in [5.74, 6) is 0.857. The highest BCUT2D eigenvalue weighted by Gasteiger charge is 2.43. The van der Waals surface area contributed by atoms with E-state index in [-0.39, 0.29) is 49.3 Å². The Balaban J connectivity index is 0.000000642. The SMILES string of the molecule is C.CC(=O)C(CC1CC1)NC=O.C[C@@H]1CCCN1C(=O)C(NC(=O)NC1(CS(=O)(=O)C(C)(C)C)CCCCC1)C1CCCCC1.NC=O. The van der Waals surface area contributed by atoms with Crippen molar-refractivity contribution in [2.45, 2.75) is 167 Å². The van der Waals surface area contributed by atoms with Crippen LogP contribution >= 0.6 is 0 Å². The minimum absolute atomic E-state index is 0. The van der Waals surface area contributed by atoms with E-state index in [1.54, 1.807) is 20.8 Å². The maximum Gasteiger partial charge on any atom is 0.315 e. The number of amides is 5. The average Bonchev–Trinajstić information content (AvgIpc) is 3.72. The van der Waals surface area contributed by atoms with Crippen molar-refractivity contribution in [1.82, 2.24) is 20.9 Å². The molecule has 4 rings (SSSR count). The van der Waals surface area contributed by atoms with Crippen molar-refractivity contribution in [3.8, 4) is 0 Å². The summed E-state index contributed by atoms with van der Waals surface area (Å²) in [6.45, 7) is 9.50. The van der Waals surface area contributed by atoms with Gasteiger partial charge in [0.05, 0.1) is 22.1 Å². The molecular weight excluding hydrogens is 634 g/mol. The zero-order valence-corrected chi connectivity index (χ0v) is 30.2. The molecule has 1 saturated heterocycles. The Bertz CT molecular complexity index is 1140. The topological polar surface area (TPSA) is 185 Å². The van der Waals surface area contributed by atoms with Crippen LogP contribution < -0.4 is 21.7 Å². The van der Waals surface area contributed by atoms with Gasteiger partial charge in [0.15, 0.2) is 15.6 Å². The Morgan fingerprint density at radius 3 is 1.96 bits per heavy atom. The van der Waals surface area contributed by atoms with Gasteiger partial charge in [0.2, 0.25) is 18.7 Å². The van der Waals surface area contributed by atoms with Crippen molar-refractivity contribution in [1.29, 1.82) is 0 Å². The molecule has 5 N–H and O–H groups in total. The molecule has 1 heterocycles. The molecule has 0 bridgehead atoms. The number of sulfone groups is 1. The molecule has 0 aromatic heterocycles. The largest absolute Gasteiger partial charge is 0.372 e. The lowest BCUT2D eigenvalue weighted by molar-refractivity contribution is -0.135. The first-order chi connectivity index (χ1) is 22.1. The van der Waals surface area contributed by atoms with Gasteiger partial charge in [-0.2, -0.15) is 0 Å². The normalized spacial score (nSPS) is 22.1. The first kappa shape index (κ1) is 43.3. The predicted octanol–water partition coefficient (Wildman–Crippen LogP) is 4.39. The van der Waals surface area contributed by atoms with Gasteiger partial charge in [0, 0.05) is 12.6 Å². The van der Waals surface area contributed by atoms with Crippen molar-refractivity contribution in [2.24, 2.45) is 17.6 Å². The summed E-state index contributed by atoms with van der Waals surface area (Å²) in [5.41, 5.74) is 3.40. The molecule has 0 spiro atoms. The number of urea groups is 1. The highest BCUT2D eigenvalue weighted by Crippen LogP contribution is 2.34. The summed E-state index contributed by atoms with van der Waals surface area (Å²) < 4.78 is 25.3. The van der Waals surface area contributed by atoms with E-state index in [2.05, 4.69) is 28.6 Å². The number of hydrogen-bond donors (Lipinski definition) is 4. The molecule has 278 valence electrons. The number of nitrogens with zero attached hydrogens (tertiary/aromatic N) is 1. The molecule has 3 saturated carbocycles. The summed E-state index contributed by atoms with van der Waals surface area (Å²) in [6, 6.07) is -0.961. The van der Waals surface area contributed by atoms with Crippen molar-refractivity contribution in [3.63, 3.8) is 0 Å². The second-order valence-electron chi connectivity index (χ2n) is 15.0. The Hall–Kier alpha value is -2.70. The van der Waals surface area contributed by atoms with Gasteiger partial charge in [-0.25, -0.2) is 13.2 Å². The van der Waals surface area contributed by atoms with Crippen molar-refractivity contribution in [2.75, 3.05) is 12.3 Å². The van der Waals surface area contributed by atoms with E-state index >= 15 is 0 Å². The van der Waals surface area contributed by atoms with Gasteiger partial charge in [-0.05, 0) is 91.4 Å². The zero-order valence-electron chi connectivity index (χ0n) is 29.4. The molecule has 13 heteroatoms. The summed E-state index contributed by atoms with van der Waals surface area (Å²) >= 11 is 0. The standard InChI is InChI=1S/C25H45N3O4S.C8H13NO2.CH3NO.CH4/c1-19-12-11-17-28(19)22(29)21(20-13-7-5-8-14-20)26-23(30)27-25(15-9-6-10-16-25)18-33(31,32)24(2,3)4;1-6(11)8(9-5-10)4-7-2-3-7;2-1-3;/h19-21H,5-18H2,1-4H3,(H2,26,27,30);5,7-8H,2-4H2,1H3,(H,9,10);1H,(H2,2,3);1H4/t19-,21?;;;/m1.../s1. The van der Waals surface area contributed by atoms with Crippen LogP contribution in [-0.2, 0) is 29.0 Å². The number of nitrogens with two attached hydrogens (primary N) is 1. The van der Waals surface area contributed by atoms with Crippen LogP contribution in [0.1, 0.15) is 138 Å². The number of rotatable bonds is 11. The first-order valence-electron chi connectivity index (χ1n) is 17.6. The second kappa shape index (κ2) is 20.1. The number of ketones is 1. The molecule has 0 radical (unpaired) electrons. The lowest BCUT2D eigenvalue weighted by Gasteiger charge is -2.40. The van der Waals surface area contributed by atoms with Gasteiger partial charge in [-0.3, -0.25) is 19.2 Å². The quantitative estimate of drug-likeness (QED) is 0.231. The molecule has 4 aliphatic rings. The van der Waals surface area contributed by atoms with Crippen LogP contribution in [0.4, 0.5) is 4.79 Å². The van der Waals surface area contributed by atoms with Gasteiger partial charge in [0.25, 0.3) is 0 Å². The summed E-state index contributed by atoms with van der Waals surface area (Å²) in [4.78, 5) is 58.3. The smallest absolute Gasteiger partial charge is 0.315 e. The van der Waals surface area contributed by atoms with E-state index < -0.39 is 32.2 Å². The van der Waals surface area contributed by atoms with Gasteiger partial charge in [-0.1, -0.05) is 58.8 Å². The Morgan fingerprint density at radius 2 is 1.50 bits per heavy atom.